The molecule has 0 atom stereocenters. The zero-order chi connectivity index (χ0) is 29.6. The predicted octanol–water partition coefficient (Wildman–Crippen LogP) is -0.577. The van der Waals surface area contributed by atoms with Crippen LogP contribution in [-0.2, 0) is 24.9 Å². The van der Waals surface area contributed by atoms with Crippen molar-refractivity contribution in [1.82, 2.24) is 31.2 Å². The number of unbranched alkanes of at least 4 members (excludes halogenated alkanes) is 1. The van der Waals surface area contributed by atoms with Gasteiger partial charge in [-0.2, -0.15) is 0 Å². The van der Waals surface area contributed by atoms with Crippen LogP contribution in [0.3, 0.4) is 0 Å². The van der Waals surface area contributed by atoms with Gasteiger partial charge in [-0.1, -0.05) is 0 Å². The van der Waals surface area contributed by atoms with Crippen molar-refractivity contribution in [3.05, 3.63) is 59.5 Å². The molecule has 0 saturated heterocycles. The zero-order valence-electron chi connectivity index (χ0n) is 22.5. The molecule has 227 valence electrons. The molecule has 0 fully saturated rings. The predicted molar refractivity (Wildman–Crippen MR) is 145 cm³/mol. The summed E-state index contributed by atoms with van der Waals surface area (Å²) in [5, 5.41) is 48.7. The van der Waals surface area contributed by atoms with E-state index >= 15 is 0 Å². The van der Waals surface area contributed by atoms with Crippen LogP contribution in [0.2, 0.25) is 0 Å². The molecule has 0 bridgehead atoms. The minimum absolute atomic E-state index is 0. The van der Waals surface area contributed by atoms with Crippen LogP contribution in [0.15, 0.2) is 48.0 Å². The van der Waals surface area contributed by atoms with Crippen LogP contribution in [0.5, 0.6) is 0 Å². The van der Waals surface area contributed by atoms with Crippen LogP contribution in [0.1, 0.15) is 40.0 Å². The first-order valence-electron chi connectivity index (χ1n) is 12.6. The summed E-state index contributed by atoms with van der Waals surface area (Å²) in [6.07, 6.45) is 7.20. The Labute approximate surface area is 251 Å². The number of aliphatic carboxylic acids is 1. The van der Waals surface area contributed by atoms with E-state index in [1.54, 1.807) is 30.6 Å². The number of amides is 2. The van der Waals surface area contributed by atoms with Crippen LogP contribution in [0, 0.1) is 0 Å². The second-order valence-electron chi connectivity index (χ2n) is 8.57. The maximum atomic E-state index is 11.9. The van der Waals surface area contributed by atoms with Gasteiger partial charge in [0.25, 0.3) is 11.8 Å². The molecule has 0 spiro atoms. The molecule has 0 unspecified atom stereocenters. The fourth-order valence-electron chi connectivity index (χ4n) is 2.98. The van der Waals surface area contributed by atoms with Gasteiger partial charge in [-0.05, 0) is 56.6 Å². The number of carbonyl (C=O) groups excluding carboxylic acids is 2. The zero-order valence-corrected chi connectivity index (χ0v) is 24.4. The van der Waals surface area contributed by atoms with E-state index < -0.39 is 37.9 Å². The normalized spacial score (nSPS) is 10.4. The third-order valence-electron chi connectivity index (χ3n) is 5.44. The monoisotopic (exact) mass is 658 g/mol. The van der Waals surface area contributed by atoms with Gasteiger partial charge in [-0.15, -0.1) is 0 Å². The summed E-state index contributed by atoms with van der Waals surface area (Å²) in [6, 6.07) is 6.50. The minimum Gasteiger partial charge on any atom is -0.705 e. The summed E-state index contributed by atoms with van der Waals surface area (Å²) in [4.78, 5) is 41.6. The van der Waals surface area contributed by atoms with Crippen molar-refractivity contribution < 1.29 is 54.9 Å². The molecule has 2 aromatic rings. The summed E-state index contributed by atoms with van der Waals surface area (Å²) >= 11 is 0. The number of carboxylic acids is 1. The second kappa shape index (κ2) is 22.4. The van der Waals surface area contributed by atoms with Gasteiger partial charge in [-0.25, -0.2) is 4.98 Å². The number of nitrogens with one attached hydrogen (secondary N) is 4. The van der Waals surface area contributed by atoms with E-state index in [4.69, 9.17) is 26.0 Å². The maximum Gasteiger partial charge on any atom is 0.317 e. The number of aliphatic hydroxyl groups is 3. The molecule has 41 heavy (non-hydrogen) atoms. The molecular formula is C25H37N8O7Tc-. The number of carboxylic acid groups (broad SMARTS) is 1. The Morgan fingerprint density at radius 1 is 0.854 bits per heavy atom. The van der Waals surface area contributed by atoms with Crippen LogP contribution < -0.4 is 21.3 Å². The van der Waals surface area contributed by atoms with E-state index in [9.17, 15) is 14.4 Å². The summed E-state index contributed by atoms with van der Waals surface area (Å²) < 4.78 is 0. The number of rotatable bonds is 18. The van der Waals surface area contributed by atoms with Gasteiger partial charge in [0.1, 0.15) is 5.82 Å². The van der Waals surface area contributed by atoms with Gasteiger partial charge in [0, 0.05) is 51.8 Å². The fourth-order valence-corrected chi connectivity index (χ4v) is 2.98. The van der Waals surface area contributed by atoms with Gasteiger partial charge >= 0.3 is 5.97 Å². The Hall–Kier alpha value is -3.24. The SMILES string of the molecule is O=C(O)CNC(CO)(CO)CO.[N-]=Nc1ccc(C(=O)NCCCNCCCCNC(=O)c2cccnc2)cn1.[Tc]. The molecule has 0 aliphatic carbocycles. The Morgan fingerprint density at radius 3 is 1.95 bits per heavy atom. The van der Waals surface area contributed by atoms with E-state index in [1.165, 1.54) is 12.3 Å². The molecule has 15 nitrogen and oxygen atoms in total. The van der Waals surface area contributed by atoms with Gasteiger partial charge in [0.15, 0.2) is 0 Å². The molecule has 2 aromatic heterocycles. The number of aromatic nitrogens is 2. The van der Waals surface area contributed by atoms with Crippen LogP contribution in [0.25, 0.3) is 5.53 Å². The van der Waals surface area contributed by atoms with Crippen molar-refractivity contribution >= 4 is 23.6 Å². The van der Waals surface area contributed by atoms with Crippen molar-refractivity contribution in [2.45, 2.75) is 24.8 Å². The number of aliphatic hydroxyl groups excluding tert-OH is 3. The summed E-state index contributed by atoms with van der Waals surface area (Å²) in [5.74, 6) is -1.26. The number of pyridine rings is 2. The number of carbonyl (C=O) groups is 3. The Bertz CT molecular complexity index is 1020. The molecule has 0 aromatic carbocycles. The average molecular weight is 660 g/mol. The Balaban J connectivity index is 0.00000104. The van der Waals surface area contributed by atoms with Crippen LogP contribution >= 0.6 is 0 Å². The van der Waals surface area contributed by atoms with Crippen molar-refractivity contribution in [2.75, 3.05) is 52.5 Å². The smallest absolute Gasteiger partial charge is 0.317 e. The Kier molecular flexibility index (Phi) is 20.7. The van der Waals surface area contributed by atoms with Crippen molar-refractivity contribution in [3.63, 3.8) is 0 Å². The quantitative estimate of drug-likeness (QED) is 0.0744. The van der Waals surface area contributed by atoms with Crippen molar-refractivity contribution in [3.8, 4) is 0 Å². The summed E-state index contributed by atoms with van der Waals surface area (Å²) in [6.45, 7) is 0.853. The first-order chi connectivity index (χ1) is 19.3. The largest absolute Gasteiger partial charge is 0.705 e. The van der Waals surface area contributed by atoms with Crippen LogP contribution in [0.4, 0.5) is 5.82 Å². The van der Waals surface area contributed by atoms with E-state index in [1.807, 2.05) is 0 Å². The molecule has 2 rings (SSSR count). The average Bonchev–Trinajstić information content (AvgIpc) is 2.99. The number of hydrogen-bond acceptors (Lipinski definition) is 11. The molecule has 16 heteroatoms. The minimum atomic E-state index is -1.31. The number of nitrogens with zero attached hydrogens (tertiary/aromatic N) is 4. The van der Waals surface area contributed by atoms with Crippen molar-refractivity contribution in [2.24, 2.45) is 5.11 Å². The topological polar surface area (TPSA) is 241 Å². The van der Waals surface area contributed by atoms with E-state index in [0.29, 0.717) is 24.2 Å². The summed E-state index contributed by atoms with van der Waals surface area (Å²) in [7, 11) is 0. The molecule has 0 aliphatic heterocycles. The van der Waals surface area contributed by atoms with Crippen molar-refractivity contribution in [1.29, 1.82) is 0 Å². The van der Waals surface area contributed by atoms with Gasteiger partial charge < -0.3 is 47.0 Å². The molecule has 2 heterocycles. The third-order valence-corrected chi connectivity index (χ3v) is 5.44. The number of hydrogen-bond donors (Lipinski definition) is 8. The first kappa shape index (κ1) is 37.8. The molecule has 8 N–H and O–H groups in total. The fraction of sp³-hybridized carbons (Fsp3) is 0.480. The summed E-state index contributed by atoms with van der Waals surface area (Å²) in [5.41, 5.74) is 8.25. The van der Waals surface area contributed by atoms with Gasteiger partial charge in [0.2, 0.25) is 0 Å². The second-order valence-corrected chi connectivity index (χ2v) is 8.57. The molecule has 0 saturated carbocycles. The molecule has 0 aliphatic rings. The molecular weight excluding hydrogens is 622 g/mol. The first-order valence-corrected chi connectivity index (χ1v) is 12.6. The molecule has 2 amide bonds. The third kappa shape index (κ3) is 16.0. The van der Waals surface area contributed by atoms with E-state index in [2.05, 4.69) is 36.3 Å². The van der Waals surface area contributed by atoms with Crippen LogP contribution in [-0.4, -0.2) is 106 Å². The van der Waals surface area contributed by atoms with E-state index in [-0.39, 0.29) is 37.7 Å². The maximum absolute atomic E-state index is 11.9. The standard InChI is InChI=1S/C19H24N7O2.C6H13NO5.Tc/c20-26-17-7-6-16(14-25-17)19(28)24-12-4-10-21-8-1-2-11-23-18(27)15-5-3-9-22-13-15;8-2-6(3-9,4-10)7-1-5(11)12;/h3,5-7,9,13-14,21H,1-2,4,8,10-12H2,(H,23,27)(H,24,28);7-10H,1-4H2,(H,11,12);/q-1;;. The Morgan fingerprint density at radius 2 is 1.44 bits per heavy atom. The van der Waals surface area contributed by atoms with Gasteiger partial charge in [-0.3, -0.25) is 24.7 Å². The molecule has 1 radical (unpaired) electrons. The van der Waals surface area contributed by atoms with Gasteiger partial charge in [0.05, 0.1) is 43.0 Å². The van der Waals surface area contributed by atoms with E-state index in [0.717, 1.165) is 32.4 Å².